The molecule has 27 heavy (non-hydrogen) atoms. The van der Waals surface area contributed by atoms with Crippen LogP contribution in [0, 0.1) is 0 Å². The Labute approximate surface area is 165 Å². The number of thioether (sulfide) groups is 1. The van der Waals surface area contributed by atoms with Gasteiger partial charge >= 0.3 is 0 Å². The topological polar surface area (TPSA) is 67.9 Å². The van der Waals surface area contributed by atoms with Gasteiger partial charge in [0.05, 0.1) is 10.6 Å². The number of rotatable bonds is 3. The average Bonchev–Trinajstić information content (AvgIpc) is 3.20. The molecule has 2 aliphatic heterocycles. The standard InChI is InChI=1S/C19H14N2O4S2/c1-11(22)20-13-3-5-14(6-4-13)21-18(23)17(27-19(21)26)9-12-2-7-15-16(8-12)25-10-24-15/h2-9H,10H2,1H3,(H,20,22)/b17-9-. The maximum Gasteiger partial charge on any atom is 0.270 e. The Morgan fingerprint density at radius 3 is 2.67 bits per heavy atom. The smallest absolute Gasteiger partial charge is 0.270 e. The maximum absolute atomic E-state index is 12.8. The molecular weight excluding hydrogens is 384 g/mol. The largest absolute Gasteiger partial charge is 0.454 e. The van der Waals surface area contributed by atoms with Crippen LogP contribution in [-0.4, -0.2) is 22.9 Å². The summed E-state index contributed by atoms with van der Waals surface area (Å²) in [4.78, 5) is 26.0. The predicted molar refractivity (Wildman–Crippen MR) is 109 cm³/mol. The van der Waals surface area contributed by atoms with Gasteiger partial charge in [-0.05, 0) is 48.0 Å². The zero-order valence-electron chi connectivity index (χ0n) is 14.2. The van der Waals surface area contributed by atoms with E-state index >= 15 is 0 Å². The molecule has 0 aromatic heterocycles. The van der Waals surface area contributed by atoms with E-state index in [2.05, 4.69) is 5.32 Å². The molecule has 2 amide bonds. The van der Waals surface area contributed by atoms with Crippen molar-refractivity contribution in [2.24, 2.45) is 0 Å². The summed E-state index contributed by atoms with van der Waals surface area (Å²) in [5, 5.41) is 2.69. The lowest BCUT2D eigenvalue weighted by molar-refractivity contribution is -0.114. The van der Waals surface area contributed by atoms with E-state index in [1.807, 2.05) is 18.2 Å². The number of carbonyl (C=O) groups is 2. The lowest BCUT2D eigenvalue weighted by Gasteiger charge is -2.15. The van der Waals surface area contributed by atoms with E-state index in [0.29, 0.717) is 32.1 Å². The SMILES string of the molecule is CC(=O)Nc1ccc(N2C(=O)/C(=C/c3ccc4c(c3)OCO4)SC2=S)cc1. The van der Waals surface area contributed by atoms with Gasteiger partial charge in [0.15, 0.2) is 15.8 Å². The third-order valence-corrected chi connectivity index (χ3v) is 5.24. The Morgan fingerprint density at radius 2 is 1.93 bits per heavy atom. The summed E-state index contributed by atoms with van der Waals surface area (Å²) < 4.78 is 11.1. The minimum absolute atomic E-state index is 0.153. The van der Waals surface area contributed by atoms with Gasteiger partial charge in [-0.3, -0.25) is 14.5 Å². The zero-order valence-corrected chi connectivity index (χ0v) is 15.9. The minimum Gasteiger partial charge on any atom is -0.454 e. The van der Waals surface area contributed by atoms with E-state index in [9.17, 15) is 9.59 Å². The third-order valence-electron chi connectivity index (χ3n) is 3.93. The molecule has 0 spiro atoms. The molecular formula is C19H14N2O4S2. The van der Waals surface area contributed by atoms with E-state index < -0.39 is 0 Å². The normalized spacial score (nSPS) is 16.9. The van der Waals surface area contributed by atoms with Gasteiger partial charge in [-0.25, -0.2) is 0 Å². The summed E-state index contributed by atoms with van der Waals surface area (Å²) in [6.07, 6.45) is 1.78. The van der Waals surface area contributed by atoms with Gasteiger partial charge in [-0.15, -0.1) is 0 Å². The maximum atomic E-state index is 12.8. The van der Waals surface area contributed by atoms with Crippen molar-refractivity contribution >= 4 is 57.6 Å². The Bertz CT molecular complexity index is 986. The number of benzene rings is 2. The number of fused-ring (bicyclic) bond motifs is 1. The summed E-state index contributed by atoms with van der Waals surface area (Å²) in [5.74, 6) is 1.02. The second-order valence-corrected chi connectivity index (χ2v) is 7.53. The van der Waals surface area contributed by atoms with E-state index in [1.165, 1.54) is 23.6 Å². The number of nitrogens with one attached hydrogen (secondary N) is 1. The molecule has 0 aliphatic carbocycles. The van der Waals surface area contributed by atoms with Gasteiger partial charge in [0.2, 0.25) is 12.7 Å². The van der Waals surface area contributed by atoms with E-state index in [4.69, 9.17) is 21.7 Å². The Kier molecular flexibility index (Phi) is 4.59. The highest BCUT2D eigenvalue weighted by Gasteiger charge is 2.33. The number of nitrogens with zero attached hydrogens (tertiary/aromatic N) is 1. The van der Waals surface area contributed by atoms with Crippen molar-refractivity contribution in [2.75, 3.05) is 17.0 Å². The molecule has 136 valence electrons. The number of amides is 2. The van der Waals surface area contributed by atoms with Crippen LogP contribution in [0.15, 0.2) is 47.4 Å². The summed E-state index contributed by atoms with van der Waals surface area (Å²) >= 11 is 6.63. The average molecular weight is 398 g/mol. The van der Waals surface area contributed by atoms with E-state index in [0.717, 1.165) is 5.56 Å². The molecule has 1 fully saturated rings. The molecule has 0 saturated carbocycles. The fraction of sp³-hybridized carbons (Fsp3) is 0.105. The molecule has 2 aliphatic rings. The number of ether oxygens (including phenoxy) is 2. The molecule has 0 unspecified atom stereocenters. The van der Waals surface area contributed by atoms with Crippen LogP contribution in [0.4, 0.5) is 11.4 Å². The fourth-order valence-corrected chi connectivity index (χ4v) is 4.04. The van der Waals surface area contributed by atoms with Crippen LogP contribution in [0.1, 0.15) is 12.5 Å². The number of hydrogen-bond acceptors (Lipinski definition) is 6. The lowest BCUT2D eigenvalue weighted by atomic mass is 10.2. The molecule has 2 heterocycles. The number of thiocarbonyl (C=S) groups is 1. The van der Waals surface area contributed by atoms with Crippen molar-refractivity contribution in [2.45, 2.75) is 6.92 Å². The Balaban J connectivity index is 1.57. The highest BCUT2D eigenvalue weighted by Crippen LogP contribution is 2.38. The summed E-state index contributed by atoms with van der Waals surface area (Å²) in [5.41, 5.74) is 2.15. The van der Waals surface area contributed by atoms with Crippen molar-refractivity contribution in [3.05, 3.63) is 52.9 Å². The number of carbonyl (C=O) groups excluding carboxylic acids is 2. The number of anilines is 2. The molecule has 8 heteroatoms. The van der Waals surface area contributed by atoms with Gasteiger partial charge < -0.3 is 14.8 Å². The second kappa shape index (κ2) is 7.05. The van der Waals surface area contributed by atoms with Gasteiger partial charge in [0, 0.05) is 12.6 Å². The Hall–Kier alpha value is -2.84. The van der Waals surface area contributed by atoms with Crippen LogP contribution in [0.3, 0.4) is 0 Å². The van der Waals surface area contributed by atoms with Gasteiger partial charge in [-0.2, -0.15) is 0 Å². The number of hydrogen-bond donors (Lipinski definition) is 1. The monoisotopic (exact) mass is 398 g/mol. The molecule has 1 saturated heterocycles. The zero-order chi connectivity index (χ0) is 19.0. The fourth-order valence-electron chi connectivity index (χ4n) is 2.74. The highest BCUT2D eigenvalue weighted by atomic mass is 32.2. The molecule has 2 aromatic rings. The molecule has 0 bridgehead atoms. The van der Waals surface area contributed by atoms with Crippen LogP contribution in [0.2, 0.25) is 0 Å². The summed E-state index contributed by atoms with van der Waals surface area (Å²) in [6, 6.07) is 12.5. The summed E-state index contributed by atoms with van der Waals surface area (Å²) in [6.45, 7) is 1.65. The first-order valence-corrected chi connectivity index (χ1v) is 9.29. The van der Waals surface area contributed by atoms with Crippen molar-refractivity contribution < 1.29 is 19.1 Å². The van der Waals surface area contributed by atoms with Crippen LogP contribution in [0.5, 0.6) is 11.5 Å². The van der Waals surface area contributed by atoms with Gasteiger partial charge in [-0.1, -0.05) is 30.0 Å². The van der Waals surface area contributed by atoms with Crippen LogP contribution < -0.4 is 19.7 Å². The Morgan fingerprint density at radius 1 is 1.19 bits per heavy atom. The minimum atomic E-state index is -0.185. The molecule has 2 aromatic carbocycles. The van der Waals surface area contributed by atoms with Crippen molar-refractivity contribution in [3.8, 4) is 11.5 Å². The van der Waals surface area contributed by atoms with Crippen LogP contribution in [-0.2, 0) is 9.59 Å². The first kappa shape index (κ1) is 17.6. The van der Waals surface area contributed by atoms with E-state index in [-0.39, 0.29) is 18.6 Å². The molecule has 0 radical (unpaired) electrons. The molecule has 4 rings (SSSR count). The lowest BCUT2D eigenvalue weighted by Crippen LogP contribution is -2.27. The third kappa shape index (κ3) is 3.54. The van der Waals surface area contributed by atoms with Crippen LogP contribution in [0.25, 0.3) is 6.08 Å². The van der Waals surface area contributed by atoms with Crippen molar-refractivity contribution in [1.29, 1.82) is 0 Å². The quantitative estimate of drug-likeness (QED) is 0.627. The van der Waals surface area contributed by atoms with Crippen LogP contribution >= 0.6 is 24.0 Å². The molecule has 6 nitrogen and oxygen atoms in total. The first-order chi connectivity index (χ1) is 13.0. The molecule has 0 atom stereocenters. The van der Waals surface area contributed by atoms with Gasteiger partial charge in [0.1, 0.15) is 0 Å². The van der Waals surface area contributed by atoms with Crippen molar-refractivity contribution in [3.63, 3.8) is 0 Å². The molecule has 1 N–H and O–H groups in total. The second-order valence-electron chi connectivity index (χ2n) is 5.86. The first-order valence-electron chi connectivity index (χ1n) is 8.06. The highest BCUT2D eigenvalue weighted by molar-refractivity contribution is 8.27. The van der Waals surface area contributed by atoms with Crippen molar-refractivity contribution in [1.82, 2.24) is 0 Å². The summed E-state index contributed by atoms with van der Waals surface area (Å²) in [7, 11) is 0. The predicted octanol–water partition coefficient (Wildman–Crippen LogP) is 3.78. The van der Waals surface area contributed by atoms with Gasteiger partial charge in [0.25, 0.3) is 5.91 Å². The van der Waals surface area contributed by atoms with E-state index in [1.54, 1.807) is 30.3 Å².